The molecule has 76 valence electrons. The molecule has 2 heterocycles. The molecule has 1 aromatic rings. The van der Waals surface area contributed by atoms with Gasteiger partial charge < -0.3 is 10.3 Å². The van der Waals surface area contributed by atoms with Gasteiger partial charge in [0.1, 0.15) is 0 Å². The molecule has 4 heteroatoms. The second-order valence-corrected chi connectivity index (χ2v) is 3.81. The molecule has 1 aromatic heterocycles. The van der Waals surface area contributed by atoms with Gasteiger partial charge in [-0.15, -0.1) is 0 Å². The third kappa shape index (κ3) is 1.85. The largest absolute Gasteiger partial charge is 0.345 e. The normalized spacial score (nSPS) is 18.4. The minimum absolute atomic E-state index is 0.232. The number of aryl methyl sites for hydroxylation is 1. The minimum atomic E-state index is -0.232. The van der Waals surface area contributed by atoms with Gasteiger partial charge in [-0.2, -0.15) is 0 Å². The van der Waals surface area contributed by atoms with E-state index in [1.54, 1.807) is 6.20 Å². The third-order valence-electron chi connectivity index (χ3n) is 2.79. The highest BCUT2D eigenvalue weighted by atomic mass is 16.1. The second-order valence-electron chi connectivity index (χ2n) is 3.81. The summed E-state index contributed by atoms with van der Waals surface area (Å²) in [6, 6.07) is 0. The summed E-state index contributed by atoms with van der Waals surface area (Å²) >= 11 is 0. The van der Waals surface area contributed by atoms with Crippen LogP contribution in [0.5, 0.6) is 0 Å². The van der Waals surface area contributed by atoms with Crippen LogP contribution in [-0.4, -0.2) is 23.1 Å². The Balaban J connectivity index is 2.29. The van der Waals surface area contributed by atoms with Crippen molar-refractivity contribution < 1.29 is 0 Å². The van der Waals surface area contributed by atoms with E-state index in [1.165, 1.54) is 0 Å². The molecular formula is C10H15N3O. The lowest BCUT2D eigenvalue weighted by molar-refractivity contribution is 0.450. The average molecular weight is 193 g/mol. The number of hydrogen-bond acceptors (Lipinski definition) is 3. The van der Waals surface area contributed by atoms with E-state index in [1.807, 2.05) is 6.92 Å². The molecule has 1 aliphatic rings. The van der Waals surface area contributed by atoms with E-state index in [-0.39, 0.29) is 5.69 Å². The Morgan fingerprint density at radius 2 is 2.14 bits per heavy atom. The van der Waals surface area contributed by atoms with E-state index < -0.39 is 0 Å². The first kappa shape index (κ1) is 9.40. The van der Waals surface area contributed by atoms with Crippen LogP contribution in [0.1, 0.15) is 30.0 Å². The van der Waals surface area contributed by atoms with Gasteiger partial charge in [0.25, 0.3) is 0 Å². The molecule has 0 atom stereocenters. The summed E-state index contributed by atoms with van der Waals surface area (Å²) in [7, 11) is 0. The summed E-state index contributed by atoms with van der Waals surface area (Å²) in [6.07, 6.45) is 3.86. The van der Waals surface area contributed by atoms with Crippen molar-refractivity contribution >= 4 is 0 Å². The molecule has 1 fully saturated rings. The molecule has 1 aliphatic heterocycles. The zero-order valence-corrected chi connectivity index (χ0v) is 8.34. The quantitative estimate of drug-likeness (QED) is 0.684. The summed E-state index contributed by atoms with van der Waals surface area (Å²) in [5, 5.41) is 3.31. The van der Waals surface area contributed by atoms with Crippen LogP contribution in [0.15, 0.2) is 11.0 Å². The van der Waals surface area contributed by atoms with Crippen LogP contribution in [-0.2, 0) is 0 Å². The van der Waals surface area contributed by atoms with Gasteiger partial charge in [0.2, 0.25) is 0 Å². The van der Waals surface area contributed by atoms with Crippen molar-refractivity contribution in [1.29, 1.82) is 0 Å². The maximum absolute atomic E-state index is 11.1. The highest BCUT2D eigenvalue weighted by Gasteiger charge is 2.17. The molecule has 4 nitrogen and oxygen atoms in total. The lowest BCUT2D eigenvalue weighted by Gasteiger charge is -2.23. The summed E-state index contributed by atoms with van der Waals surface area (Å²) in [6.45, 7) is 4.07. The van der Waals surface area contributed by atoms with Crippen molar-refractivity contribution in [2.45, 2.75) is 25.7 Å². The van der Waals surface area contributed by atoms with Crippen LogP contribution in [0.2, 0.25) is 0 Å². The molecule has 0 amide bonds. The van der Waals surface area contributed by atoms with Crippen LogP contribution in [0, 0.1) is 6.92 Å². The number of hydrogen-bond donors (Lipinski definition) is 2. The van der Waals surface area contributed by atoms with Crippen LogP contribution in [0.4, 0.5) is 0 Å². The number of rotatable bonds is 1. The van der Waals surface area contributed by atoms with Crippen molar-refractivity contribution in [2.75, 3.05) is 13.1 Å². The fraction of sp³-hybridized carbons (Fsp3) is 0.600. The topological polar surface area (TPSA) is 57.8 Å². The van der Waals surface area contributed by atoms with Gasteiger partial charge in [0, 0.05) is 17.8 Å². The molecule has 14 heavy (non-hydrogen) atoms. The Kier molecular flexibility index (Phi) is 2.63. The van der Waals surface area contributed by atoms with Gasteiger partial charge in [-0.1, -0.05) is 0 Å². The van der Waals surface area contributed by atoms with E-state index in [4.69, 9.17) is 0 Å². The number of H-pyrrole nitrogens is 1. The zero-order chi connectivity index (χ0) is 9.97. The minimum Gasteiger partial charge on any atom is -0.317 e. The number of aromatic nitrogens is 2. The van der Waals surface area contributed by atoms with Crippen molar-refractivity contribution in [2.24, 2.45) is 0 Å². The summed E-state index contributed by atoms with van der Waals surface area (Å²) in [5.74, 6) is 0.493. The third-order valence-corrected chi connectivity index (χ3v) is 2.79. The fourth-order valence-corrected chi connectivity index (χ4v) is 2.01. The van der Waals surface area contributed by atoms with Gasteiger partial charge in [-0.3, -0.25) is 0 Å². The average Bonchev–Trinajstić information content (AvgIpc) is 2.23. The van der Waals surface area contributed by atoms with Crippen molar-refractivity contribution in [3.8, 4) is 0 Å². The standard InChI is InChI=1S/C10H15N3O/c1-7-6-12-10(14)13-9(7)8-2-4-11-5-3-8/h6,8,11H,2-5H2,1H3,(H,12,13,14). The Hall–Kier alpha value is -1.16. The molecule has 0 aliphatic carbocycles. The molecule has 1 saturated heterocycles. The Morgan fingerprint density at radius 1 is 1.43 bits per heavy atom. The fourth-order valence-electron chi connectivity index (χ4n) is 2.01. The van der Waals surface area contributed by atoms with Crippen molar-refractivity contribution in [1.82, 2.24) is 15.3 Å². The SMILES string of the molecule is Cc1cnc(=O)[nH]c1C1CCNCC1. The first-order valence-corrected chi connectivity index (χ1v) is 5.04. The van der Waals surface area contributed by atoms with E-state index in [0.717, 1.165) is 37.2 Å². The van der Waals surface area contributed by atoms with Crippen LogP contribution in [0.25, 0.3) is 0 Å². The number of aromatic amines is 1. The Morgan fingerprint density at radius 3 is 2.86 bits per heavy atom. The van der Waals surface area contributed by atoms with E-state index in [2.05, 4.69) is 15.3 Å². The van der Waals surface area contributed by atoms with E-state index >= 15 is 0 Å². The van der Waals surface area contributed by atoms with Gasteiger partial charge in [0.05, 0.1) is 0 Å². The monoisotopic (exact) mass is 193 g/mol. The summed E-state index contributed by atoms with van der Waals surface area (Å²) in [4.78, 5) is 17.7. The number of piperidine rings is 1. The molecule has 0 saturated carbocycles. The molecule has 2 rings (SSSR count). The smallest absolute Gasteiger partial charge is 0.317 e. The molecule has 0 aromatic carbocycles. The predicted octanol–water partition coefficient (Wildman–Crippen LogP) is 0.545. The number of nitrogens with zero attached hydrogens (tertiary/aromatic N) is 1. The number of nitrogens with one attached hydrogen (secondary N) is 2. The maximum Gasteiger partial charge on any atom is 0.345 e. The Bertz CT molecular complexity index is 366. The summed E-state index contributed by atoms with van der Waals surface area (Å²) < 4.78 is 0. The molecule has 2 N–H and O–H groups in total. The van der Waals surface area contributed by atoms with Crippen molar-refractivity contribution in [3.63, 3.8) is 0 Å². The van der Waals surface area contributed by atoms with Gasteiger partial charge in [0.15, 0.2) is 0 Å². The predicted molar refractivity (Wildman–Crippen MR) is 54.4 cm³/mol. The van der Waals surface area contributed by atoms with Crippen LogP contribution in [0.3, 0.4) is 0 Å². The molecule has 0 unspecified atom stereocenters. The zero-order valence-electron chi connectivity index (χ0n) is 8.34. The van der Waals surface area contributed by atoms with E-state index in [9.17, 15) is 4.79 Å². The first-order valence-electron chi connectivity index (χ1n) is 5.04. The second kappa shape index (κ2) is 3.92. The van der Waals surface area contributed by atoms with Gasteiger partial charge in [-0.25, -0.2) is 9.78 Å². The van der Waals surface area contributed by atoms with Crippen molar-refractivity contribution in [3.05, 3.63) is 27.9 Å². The highest BCUT2D eigenvalue weighted by molar-refractivity contribution is 5.18. The molecule has 0 spiro atoms. The first-order chi connectivity index (χ1) is 6.77. The maximum atomic E-state index is 11.1. The molecule has 0 bridgehead atoms. The molecule has 0 radical (unpaired) electrons. The lowest BCUT2D eigenvalue weighted by Crippen LogP contribution is -2.28. The van der Waals surface area contributed by atoms with Crippen LogP contribution < -0.4 is 11.0 Å². The Labute approximate surface area is 82.8 Å². The van der Waals surface area contributed by atoms with Crippen LogP contribution >= 0.6 is 0 Å². The van der Waals surface area contributed by atoms with Gasteiger partial charge in [-0.05, 0) is 38.4 Å². The molecular weight excluding hydrogens is 178 g/mol. The summed E-state index contributed by atoms with van der Waals surface area (Å²) in [5.41, 5.74) is 1.94. The highest BCUT2D eigenvalue weighted by Crippen LogP contribution is 2.24. The van der Waals surface area contributed by atoms with Gasteiger partial charge >= 0.3 is 5.69 Å². The lowest BCUT2D eigenvalue weighted by atomic mass is 9.92. The van der Waals surface area contributed by atoms with E-state index in [0.29, 0.717) is 5.92 Å².